The lowest BCUT2D eigenvalue weighted by Crippen LogP contribution is -2.33. The molecule has 0 fully saturated rings. The van der Waals surface area contributed by atoms with Crippen LogP contribution in [0.3, 0.4) is 0 Å². The van der Waals surface area contributed by atoms with Crippen molar-refractivity contribution >= 4 is 0 Å². The number of rotatable bonds is 14. The van der Waals surface area contributed by atoms with Crippen molar-refractivity contribution in [3.05, 3.63) is 34.9 Å². The number of hydrogen-bond acceptors (Lipinski definition) is 4. The Morgan fingerprint density at radius 1 is 0.840 bits per heavy atom. The summed E-state index contributed by atoms with van der Waals surface area (Å²) in [5, 5.41) is 27.3. The zero-order valence-electron chi connectivity index (χ0n) is 16.5. The minimum absolute atomic E-state index is 0.0568. The van der Waals surface area contributed by atoms with Gasteiger partial charge in [-0.3, -0.25) is 0 Å². The van der Waals surface area contributed by atoms with Crippen LogP contribution in [0, 0.1) is 0 Å². The first-order valence-electron chi connectivity index (χ1n) is 9.36. The topological polar surface area (TPSA) is 69.9 Å². The third kappa shape index (κ3) is 15.1. The Morgan fingerprint density at radius 2 is 1.40 bits per heavy atom. The van der Waals surface area contributed by atoms with Gasteiger partial charge in [-0.2, -0.15) is 0 Å². The van der Waals surface area contributed by atoms with Gasteiger partial charge in [0, 0.05) is 6.61 Å². The van der Waals surface area contributed by atoms with Crippen LogP contribution in [0.4, 0.5) is 0 Å². The van der Waals surface area contributed by atoms with Crippen LogP contribution in [0.1, 0.15) is 66.2 Å². The Bertz CT molecular complexity index is 420. The second kappa shape index (κ2) is 15.3. The van der Waals surface area contributed by atoms with E-state index in [1.165, 1.54) is 16.7 Å². The monoisotopic (exact) mass is 354 g/mol. The average molecular weight is 355 g/mol. The van der Waals surface area contributed by atoms with Crippen molar-refractivity contribution in [3.63, 3.8) is 0 Å². The number of aliphatic hydroxyl groups excluding tert-OH is 3. The first-order chi connectivity index (χ1) is 11.9. The summed E-state index contributed by atoms with van der Waals surface area (Å²) in [7, 11) is 0. The van der Waals surface area contributed by atoms with E-state index in [1.54, 1.807) is 0 Å². The first kappa shape index (κ1) is 24.1. The molecule has 0 aliphatic heterocycles. The maximum Gasteiger partial charge on any atom is 0.105 e. The van der Waals surface area contributed by atoms with Crippen molar-refractivity contribution in [1.82, 2.24) is 0 Å². The highest BCUT2D eigenvalue weighted by Gasteiger charge is 2.14. The highest BCUT2D eigenvalue weighted by atomic mass is 16.5. The summed E-state index contributed by atoms with van der Waals surface area (Å²) in [6.45, 7) is 8.79. The largest absolute Gasteiger partial charge is 0.394 e. The van der Waals surface area contributed by atoms with Gasteiger partial charge in [-0.15, -0.1) is 0 Å². The van der Waals surface area contributed by atoms with Crippen LogP contribution in [0.2, 0.25) is 0 Å². The number of allylic oxidation sites excluding steroid dienone is 6. The summed E-state index contributed by atoms with van der Waals surface area (Å²) < 4.78 is 5.30. The number of unbranched alkanes of at least 4 members (excludes halogenated alkanes) is 1. The fourth-order valence-electron chi connectivity index (χ4n) is 2.31. The van der Waals surface area contributed by atoms with Crippen LogP contribution >= 0.6 is 0 Å². The molecular formula is C21H38O4. The maximum atomic E-state index is 9.43. The summed E-state index contributed by atoms with van der Waals surface area (Å²) in [4.78, 5) is 0. The van der Waals surface area contributed by atoms with E-state index in [9.17, 15) is 10.2 Å². The smallest absolute Gasteiger partial charge is 0.105 e. The maximum absolute atomic E-state index is 9.43. The zero-order chi connectivity index (χ0) is 19.1. The van der Waals surface area contributed by atoms with Crippen molar-refractivity contribution in [2.45, 2.75) is 78.4 Å². The summed E-state index contributed by atoms with van der Waals surface area (Å²) in [5.74, 6) is 0. The molecule has 3 N–H and O–H groups in total. The minimum atomic E-state index is -1.12. The van der Waals surface area contributed by atoms with Gasteiger partial charge in [-0.25, -0.2) is 0 Å². The zero-order valence-corrected chi connectivity index (χ0v) is 16.5. The molecule has 2 atom stereocenters. The third-order valence-electron chi connectivity index (χ3n) is 4.03. The van der Waals surface area contributed by atoms with Crippen molar-refractivity contribution in [3.8, 4) is 0 Å². The Kier molecular flexibility index (Phi) is 14.7. The standard InChI is InChI=1S/C21H38O4/c1-17(2)9-7-11-19(4)13-8-12-18(3)10-5-6-14-25-16-21(24)20(23)15-22/h9-10,13,20-24H,5-8,11-12,14-16H2,1-4H3/b18-10+,19-13+/t20-,21+/m1/s1. The van der Waals surface area contributed by atoms with Crippen molar-refractivity contribution < 1.29 is 20.1 Å². The Balaban J connectivity index is 3.76. The van der Waals surface area contributed by atoms with Crippen LogP contribution < -0.4 is 0 Å². The lowest BCUT2D eigenvalue weighted by molar-refractivity contribution is -0.0568. The summed E-state index contributed by atoms with van der Waals surface area (Å²) in [6, 6.07) is 0. The van der Waals surface area contributed by atoms with Crippen LogP contribution in [-0.2, 0) is 4.74 Å². The highest BCUT2D eigenvalue weighted by Crippen LogP contribution is 2.12. The molecule has 0 bridgehead atoms. The van der Waals surface area contributed by atoms with Gasteiger partial charge in [0.2, 0.25) is 0 Å². The lowest BCUT2D eigenvalue weighted by Gasteiger charge is -2.15. The Morgan fingerprint density at radius 3 is 1.96 bits per heavy atom. The van der Waals surface area contributed by atoms with Gasteiger partial charge in [-0.05, 0) is 66.2 Å². The highest BCUT2D eigenvalue weighted by molar-refractivity contribution is 5.05. The molecule has 0 radical (unpaired) electrons. The first-order valence-corrected chi connectivity index (χ1v) is 9.36. The van der Waals surface area contributed by atoms with Gasteiger partial charge in [0.05, 0.1) is 13.2 Å². The van der Waals surface area contributed by atoms with Gasteiger partial charge in [0.15, 0.2) is 0 Å². The molecule has 0 saturated heterocycles. The van der Waals surface area contributed by atoms with Crippen LogP contribution in [-0.4, -0.2) is 47.3 Å². The van der Waals surface area contributed by atoms with Gasteiger partial charge in [0.25, 0.3) is 0 Å². The number of hydrogen-bond donors (Lipinski definition) is 3. The molecule has 0 spiro atoms. The van der Waals surface area contributed by atoms with Crippen LogP contribution in [0.5, 0.6) is 0 Å². The van der Waals surface area contributed by atoms with E-state index < -0.39 is 18.8 Å². The second-order valence-electron chi connectivity index (χ2n) is 6.99. The molecule has 4 heteroatoms. The van der Waals surface area contributed by atoms with Crippen molar-refractivity contribution in [1.29, 1.82) is 0 Å². The minimum Gasteiger partial charge on any atom is -0.394 e. The molecule has 0 aliphatic carbocycles. The van der Waals surface area contributed by atoms with E-state index in [0.717, 1.165) is 38.5 Å². The SMILES string of the molecule is CC(C)=CCC/C(C)=C/CC/C(C)=C/CCCOC[C@H](O)[C@H](O)CO. The molecule has 0 aromatic carbocycles. The van der Waals surface area contributed by atoms with E-state index >= 15 is 0 Å². The fraction of sp³-hybridized carbons (Fsp3) is 0.714. The number of aliphatic hydroxyl groups is 3. The molecule has 0 amide bonds. The van der Waals surface area contributed by atoms with Gasteiger partial charge in [-0.1, -0.05) is 34.9 Å². The predicted octanol–water partition coefficient (Wildman–Crippen LogP) is 3.92. The molecule has 0 aliphatic rings. The lowest BCUT2D eigenvalue weighted by atomic mass is 10.1. The van der Waals surface area contributed by atoms with E-state index in [0.29, 0.717) is 6.61 Å². The van der Waals surface area contributed by atoms with E-state index in [2.05, 4.69) is 45.9 Å². The summed E-state index contributed by atoms with van der Waals surface area (Å²) in [6.07, 6.45) is 11.0. The van der Waals surface area contributed by atoms with Gasteiger partial charge < -0.3 is 20.1 Å². The van der Waals surface area contributed by atoms with E-state index in [-0.39, 0.29) is 6.61 Å². The van der Waals surface area contributed by atoms with Gasteiger partial charge >= 0.3 is 0 Å². The molecule has 0 heterocycles. The molecule has 25 heavy (non-hydrogen) atoms. The van der Waals surface area contributed by atoms with Crippen LogP contribution in [0.15, 0.2) is 34.9 Å². The number of ether oxygens (including phenoxy) is 1. The molecule has 0 unspecified atom stereocenters. The molecule has 4 nitrogen and oxygen atoms in total. The molecule has 0 rings (SSSR count). The van der Waals surface area contributed by atoms with Crippen molar-refractivity contribution in [2.75, 3.05) is 19.8 Å². The third-order valence-corrected chi connectivity index (χ3v) is 4.03. The normalized spacial score (nSPS) is 15.2. The Labute approximate surface area is 153 Å². The molecule has 0 saturated carbocycles. The molecule has 0 aromatic heterocycles. The van der Waals surface area contributed by atoms with Crippen molar-refractivity contribution in [2.24, 2.45) is 0 Å². The average Bonchev–Trinajstić information content (AvgIpc) is 2.56. The second-order valence-corrected chi connectivity index (χ2v) is 6.99. The molecular weight excluding hydrogens is 316 g/mol. The molecule has 0 aromatic rings. The quantitative estimate of drug-likeness (QED) is 0.327. The van der Waals surface area contributed by atoms with Gasteiger partial charge in [0.1, 0.15) is 12.2 Å². The summed E-state index contributed by atoms with van der Waals surface area (Å²) in [5.41, 5.74) is 4.24. The molecule has 146 valence electrons. The van der Waals surface area contributed by atoms with E-state index in [1.807, 2.05) is 0 Å². The fourth-order valence-corrected chi connectivity index (χ4v) is 2.31. The Hall–Kier alpha value is -0.940. The summed E-state index contributed by atoms with van der Waals surface area (Å²) >= 11 is 0. The van der Waals surface area contributed by atoms with Crippen LogP contribution in [0.25, 0.3) is 0 Å². The predicted molar refractivity (Wildman–Crippen MR) is 105 cm³/mol. The van der Waals surface area contributed by atoms with E-state index in [4.69, 9.17) is 9.84 Å².